The van der Waals surface area contributed by atoms with Crippen molar-refractivity contribution in [3.05, 3.63) is 29.6 Å². The Hall–Kier alpha value is -1.66. The Morgan fingerprint density at radius 2 is 2.20 bits per heavy atom. The van der Waals surface area contributed by atoms with Crippen LogP contribution in [-0.4, -0.2) is 46.8 Å². The van der Waals surface area contributed by atoms with Crippen molar-refractivity contribution in [1.29, 1.82) is 0 Å². The highest BCUT2D eigenvalue weighted by Gasteiger charge is 2.13. The van der Waals surface area contributed by atoms with Crippen LogP contribution in [0.15, 0.2) is 18.2 Å². The molecule has 6 heteroatoms. The zero-order valence-electron chi connectivity index (χ0n) is 12.2. The molecule has 0 saturated heterocycles. The summed E-state index contributed by atoms with van der Waals surface area (Å²) < 4.78 is 18.9. The number of anilines is 1. The molecule has 0 aliphatic rings. The fraction of sp³-hybridized carbons (Fsp3) is 0.500. The van der Waals surface area contributed by atoms with Gasteiger partial charge in [-0.2, -0.15) is 0 Å². The molecule has 1 aromatic carbocycles. The van der Waals surface area contributed by atoms with Crippen molar-refractivity contribution >= 4 is 11.6 Å². The van der Waals surface area contributed by atoms with Crippen LogP contribution in [0.5, 0.6) is 0 Å². The Balaban J connectivity index is 2.78. The molecule has 20 heavy (non-hydrogen) atoms. The molecule has 0 unspecified atom stereocenters. The van der Waals surface area contributed by atoms with Gasteiger partial charge in [-0.05, 0) is 12.1 Å². The third kappa shape index (κ3) is 4.79. The van der Waals surface area contributed by atoms with E-state index in [4.69, 9.17) is 4.74 Å². The maximum Gasteiger partial charge on any atom is 0.239 e. The molecule has 0 aliphatic heterocycles. The van der Waals surface area contributed by atoms with E-state index in [-0.39, 0.29) is 18.3 Å². The first-order chi connectivity index (χ1) is 9.60. The Kier molecular flexibility index (Phi) is 6.97. The second-order valence-electron chi connectivity index (χ2n) is 4.44. The van der Waals surface area contributed by atoms with Crippen molar-refractivity contribution in [2.45, 2.75) is 6.54 Å². The summed E-state index contributed by atoms with van der Waals surface area (Å²) in [5.74, 6) is -0.397. The highest BCUT2D eigenvalue weighted by atomic mass is 19.1. The topological polar surface area (TPSA) is 53.6 Å². The quantitative estimate of drug-likeness (QED) is 0.691. The number of methoxy groups -OCH3 is 1. The Morgan fingerprint density at radius 3 is 2.85 bits per heavy atom. The molecule has 0 aromatic heterocycles. The number of benzene rings is 1. The number of hydrogen-bond donors (Lipinski definition) is 2. The highest BCUT2D eigenvalue weighted by molar-refractivity contribution is 5.81. The zero-order valence-corrected chi connectivity index (χ0v) is 12.2. The number of amides is 1. The number of nitrogens with zero attached hydrogens (tertiary/aromatic N) is 1. The van der Waals surface area contributed by atoms with Gasteiger partial charge in [0.2, 0.25) is 5.91 Å². The molecule has 0 radical (unpaired) electrons. The van der Waals surface area contributed by atoms with Gasteiger partial charge in [0.25, 0.3) is 0 Å². The fourth-order valence-corrected chi connectivity index (χ4v) is 1.85. The third-order valence-electron chi connectivity index (χ3n) is 2.95. The number of likely N-dealkylation sites (N-methyl/N-ethyl adjacent to an activating group) is 2. The molecule has 2 N–H and O–H groups in total. The van der Waals surface area contributed by atoms with E-state index in [9.17, 15) is 9.18 Å². The molecule has 1 rings (SSSR count). The molecule has 1 aromatic rings. The predicted octanol–water partition coefficient (Wildman–Crippen LogP) is 0.744. The van der Waals surface area contributed by atoms with Gasteiger partial charge in [-0.15, -0.1) is 0 Å². The van der Waals surface area contributed by atoms with E-state index in [1.165, 1.54) is 6.07 Å². The SMILES string of the molecule is CNC(=O)CN(C)c1cccc(F)c1CNCCOC. The fourth-order valence-electron chi connectivity index (χ4n) is 1.85. The van der Waals surface area contributed by atoms with Crippen molar-refractivity contribution in [1.82, 2.24) is 10.6 Å². The van der Waals surface area contributed by atoms with Gasteiger partial charge in [0, 0.05) is 45.5 Å². The summed E-state index contributed by atoms with van der Waals surface area (Å²) in [7, 11) is 4.96. The van der Waals surface area contributed by atoms with Gasteiger partial charge in [-0.1, -0.05) is 6.07 Å². The number of halogens is 1. The van der Waals surface area contributed by atoms with Gasteiger partial charge in [-0.3, -0.25) is 4.79 Å². The molecule has 0 saturated carbocycles. The standard InChI is InChI=1S/C14H22FN3O2/c1-16-14(19)10-18(2)13-6-4-5-12(15)11(13)9-17-7-8-20-3/h4-6,17H,7-10H2,1-3H3,(H,16,19). The molecule has 0 atom stereocenters. The zero-order chi connectivity index (χ0) is 15.0. The van der Waals surface area contributed by atoms with Crippen LogP contribution in [-0.2, 0) is 16.1 Å². The summed E-state index contributed by atoms with van der Waals surface area (Å²) in [6.07, 6.45) is 0. The van der Waals surface area contributed by atoms with E-state index in [0.717, 1.165) is 0 Å². The van der Waals surface area contributed by atoms with Crippen LogP contribution in [0.1, 0.15) is 5.56 Å². The van der Waals surface area contributed by atoms with Crippen molar-refractivity contribution in [3.8, 4) is 0 Å². The van der Waals surface area contributed by atoms with Crippen LogP contribution in [0.25, 0.3) is 0 Å². The molecule has 5 nitrogen and oxygen atoms in total. The minimum absolute atomic E-state index is 0.116. The molecular weight excluding hydrogens is 261 g/mol. The lowest BCUT2D eigenvalue weighted by atomic mass is 10.1. The first kappa shape index (κ1) is 16.4. The first-order valence-electron chi connectivity index (χ1n) is 6.49. The molecule has 0 spiro atoms. The molecule has 0 fully saturated rings. The second kappa shape index (κ2) is 8.50. The van der Waals surface area contributed by atoms with Crippen molar-refractivity contribution in [3.63, 3.8) is 0 Å². The summed E-state index contributed by atoms with van der Waals surface area (Å²) >= 11 is 0. The largest absolute Gasteiger partial charge is 0.383 e. The van der Waals surface area contributed by atoms with E-state index in [2.05, 4.69) is 10.6 Å². The van der Waals surface area contributed by atoms with E-state index in [1.807, 2.05) is 0 Å². The lowest BCUT2D eigenvalue weighted by Crippen LogP contribution is -2.34. The molecular formula is C14H22FN3O2. The van der Waals surface area contributed by atoms with Gasteiger partial charge in [0.05, 0.1) is 13.2 Å². The maximum atomic E-state index is 13.9. The molecule has 0 bridgehead atoms. The maximum absolute atomic E-state index is 13.9. The lowest BCUT2D eigenvalue weighted by Gasteiger charge is -2.22. The van der Waals surface area contributed by atoms with Crippen LogP contribution in [0.2, 0.25) is 0 Å². The Bertz CT molecular complexity index is 440. The van der Waals surface area contributed by atoms with Crippen molar-refractivity contribution in [2.24, 2.45) is 0 Å². The number of carbonyl (C=O) groups is 1. The van der Waals surface area contributed by atoms with Gasteiger partial charge >= 0.3 is 0 Å². The van der Waals surface area contributed by atoms with Gasteiger partial charge in [0.15, 0.2) is 0 Å². The average Bonchev–Trinajstić information content (AvgIpc) is 2.44. The van der Waals surface area contributed by atoms with E-state index in [0.29, 0.717) is 30.9 Å². The number of ether oxygens (including phenoxy) is 1. The van der Waals surface area contributed by atoms with Crippen molar-refractivity contribution in [2.75, 3.05) is 45.8 Å². The van der Waals surface area contributed by atoms with E-state index < -0.39 is 0 Å². The lowest BCUT2D eigenvalue weighted by molar-refractivity contribution is -0.119. The first-order valence-corrected chi connectivity index (χ1v) is 6.49. The van der Waals surface area contributed by atoms with Crippen LogP contribution < -0.4 is 15.5 Å². The van der Waals surface area contributed by atoms with Crippen LogP contribution in [0.4, 0.5) is 10.1 Å². The third-order valence-corrected chi connectivity index (χ3v) is 2.95. The summed E-state index contributed by atoms with van der Waals surface area (Å²) in [5, 5.41) is 5.67. The molecule has 0 heterocycles. The molecule has 1 amide bonds. The van der Waals surface area contributed by atoms with Gasteiger partial charge in [0.1, 0.15) is 5.82 Å². The Morgan fingerprint density at radius 1 is 1.45 bits per heavy atom. The van der Waals surface area contributed by atoms with Gasteiger partial charge < -0.3 is 20.3 Å². The summed E-state index contributed by atoms with van der Waals surface area (Å²) in [6, 6.07) is 4.87. The van der Waals surface area contributed by atoms with Crippen LogP contribution in [0.3, 0.4) is 0 Å². The number of hydrogen-bond acceptors (Lipinski definition) is 4. The van der Waals surface area contributed by atoms with Crippen LogP contribution >= 0.6 is 0 Å². The Labute approximate surface area is 119 Å². The summed E-state index contributed by atoms with van der Waals surface area (Å²) in [4.78, 5) is 13.1. The minimum Gasteiger partial charge on any atom is -0.383 e. The van der Waals surface area contributed by atoms with Gasteiger partial charge in [-0.25, -0.2) is 4.39 Å². The predicted molar refractivity (Wildman–Crippen MR) is 77.3 cm³/mol. The summed E-state index contributed by atoms with van der Waals surface area (Å²) in [6.45, 7) is 1.79. The second-order valence-corrected chi connectivity index (χ2v) is 4.44. The smallest absolute Gasteiger partial charge is 0.239 e. The van der Waals surface area contributed by atoms with Crippen LogP contribution in [0, 0.1) is 5.82 Å². The van der Waals surface area contributed by atoms with Crippen molar-refractivity contribution < 1.29 is 13.9 Å². The normalized spacial score (nSPS) is 10.4. The van der Waals surface area contributed by atoms with E-state index in [1.54, 1.807) is 38.2 Å². The number of rotatable bonds is 8. The molecule has 0 aliphatic carbocycles. The number of carbonyl (C=O) groups excluding carboxylic acids is 1. The minimum atomic E-state index is -0.281. The monoisotopic (exact) mass is 283 g/mol. The molecule has 112 valence electrons. The highest BCUT2D eigenvalue weighted by Crippen LogP contribution is 2.22. The number of nitrogens with one attached hydrogen (secondary N) is 2. The average molecular weight is 283 g/mol. The summed E-state index contributed by atoms with van der Waals surface area (Å²) in [5.41, 5.74) is 1.26. The van der Waals surface area contributed by atoms with E-state index >= 15 is 0 Å².